The van der Waals surface area contributed by atoms with E-state index in [4.69, 9.17) is 10.5 Å². The molecule has 0 spiro atoms. The van der Waals surface area contributed by atoms with E-state index in [9.17, 15) is 4.79 Å². The van der Waals surface area contributed by atoms with Crippen LogP contribution in [-0.4, -0.2) is 47.5 Å². The first-order chi connectivity index (χ1) is 16.1. The fourth-order valence-electron chi connectivity index (χ4n) is 5.25. The van der Waals surface area contributed by atoms with Crippen molar-refractivity contribution in [2.24, 2.45) is 5.73 Å². The summed E-state index contributed by atoms with van der Waals surface area (Å²) in [6.45, 7) is 3.40. The number of methoxy groups -OCH3 is 1. The summed E-state index contributed by atoms with van der Waals surface area (Å²) in [6.07, 6.45) is 10.1. The second-order valence-electron chi connectivity index (χ2n) is 9.17. The van der Waals surface area contributed by atoms with E-state index in [1.807, 2.05) is 18.2 Å². The summed E-state index contributed by atoms with van der Waals surface area (Å²) in [4.78, 5) is 20.9. The lowest BCUT2D eigenvalue weighted by molar-refractivity contribution is 0.100. The van der Waals surface area contributed by atoms with Crippen molar-refractivity contribution in [1.82, 2.24) is 14.9 Å². The van der Waals surface area contributed by atoms with E-state index in [2.05, 4.69) is 39.4 Å². The van der Waals surface area contributed by atoms with E-state index in [1.54, 1.807) is 13.2 Å². The summed E-state index contributed by atoms with van der Waals surface area (Å²) in [7, 11) is 1.70. The molecular weight excluding hydrogens is 412 g/mol. The van der Waals surface area contributed by atoms with E-state index in [1.165, 1.54) is 29.4 Å². The van der Waals surface area contributed by atoms with Crippen LogP contribution in [0.15, 0.2) is 48.8 Å². The highest BCUT2D eigenvalue weighted by Gasteiger charge is 2.23. The average Bonchev–Trinajstić information content (AvgIpc) is 3.45. The summed E-state index contributed by atoms with van der Waals surface area (Å²) in [5, 5.41) is 2.44. The first kappa shape index (κ1) is 21.6. The molecule has 2 aromatic carbocycles. The second kappa shape index (κ2) is 9.32. The number of aromatic amines is 2. The van der Waals surface area contributed by atoms with Gasteiger partial charge in [0.2, 0.25) is 5.91 Å². The highest BCUT2D eigenvalue weighted by atomic mass is 16.5. The predicted octanol–water partition coefficient (Wildman–Crippen LogP) is 4.96. The van der Waals surface area contributed by atoms with Gasteiger partial charge in [-0.25, -0.2) is 0 Å². The molecule has 6 heteroatoms. The van der Waals surface area contributed by atoms with Crippen molar-refractivity contribution in [1.29, 1.82) is 0 Å². The molecule has 5 rings (SSSR count). The van der Waals surface area contributed by atoms with Gasteiger partial charge < -0.3 is 25.3 Å². The Morgan fingerprint density at radius 3 is 2.64 bits per heavy atom. The number of aryl methyl sites for hydroxylation is 1. The molecule has 0 radical (unpaired) electrons. The fourth-order valence-corrected chi connectivity index (χ4v) is 5.25. The molecule has 0 atom stereocenters. The zero-order chi connectivity index (χ0) is 22.8. The molecule has 2 aromatic heterocycles. The van der Waals surface area contributed by atoms with Gasteiger partial charge in [-0.3, -0.25) is 4.79 Å². The molecule has 172 valence electrons. The number of carbonyl (C=O) groups excluding carboxylic acids is 1. The van der Waals surface area contributed by atoms with Crippen LogP contribution < -0.4 is 10.5 Å². The van der Waals surface area contributed by atoms with E-state index in [0.29, 0.717) is 11.5 Å². The van der Waals surface area contributed by atoms with Crippen molar-refractivity contribution < 1.29 is 9.53 Å². The Bertz CT molecular complexity index is 1260. The van der Waals surface area contributed by atoms with Gasteiger partial charge in [0.05, 0.1) is 7.11 Å². The zero-order valence-electron chi connectivity index (χ0n) is 19.2. The van der Waals surface area contributed by atoms with Crippen molar-refractivity contribution >= 4 is 27.7 Å². The van der Waals surface area contributed by atoms with Crippen molar-refractivity contribution in [3.05, 3.63) is 65.5 Å². The maximum absolute atomic E-state index is 11.6. The molecule has 0 bridgehead atoms. The van der Waals surface area contributed by atoms with Crippen LogP contribution in [0.25, 0.3) is 21.8 Å². The van der Waals surface area contributed by atoms with E-state index < -0.39 is 0 Å². The van der Waals surface area contributed by atoms with Crippen LogP contribution in [0, 0.1) is 0 Å². The Morgan fingerprint density at radius 1 is 1.03 bits per heavy atom. The normalized spacial score (nSPS) is 15.4. The maximum Gasteiger partial charge on any atom is 0.248 e. The number of hydrogen-bond acceptors (Lipinski definition) is 3. The highest BCUT2D eigenvalue weighted by molar-refractivity contribution is 5.98. The number of nitrogens with two attached hydrogens (primary N) is 1. The summed E-state index contributed by atoms with van der Waals surface area (Å²) in [6, 6.07) is 11.9. The molecule has 1 aliphatic heterocycles. The Labute approximate surface area is 194 Å². The molecule has 4 N–H and O–H groups in total. The Hall–Kier alpha value is -3.25. The van der Waals surface area contributed by atoms with Gasteiger partial charge in [-0.05, 0) is 99.1 Å². The minimum atomic E-state index is -0.369. The van der Waals surface area contributed by atoms with Gasteiger partial charge in [0.25, 0.3) is 0 Å². The lowest BCUT2D eigenvalue weighted by Crippen LogP contribution is -2.33. The van der Waals surface area contributed by atoms with Gasteiger partial charge in [0.15, 0.2) is 0 Å². The van der Waals surface area contributed by atoms with Crippen LogP contribution in [0.3, 0.4) is 0 Å². The number of H-pyrrole nitrogens is 2. The third-order valence-electron chi connectivity index (χ3n) is 7.17. The molecule has 0 aliphatic carbocycles. The molecule has 4 aromatic rings. The number of rotatable bonds is 8. The number of unbranched alkanes of at least 4 members (excludes halogenated alkanes) is 1. The number of fused-ring (bicyclic) bond motifs is 2. The van der Waals surface area contributed by atoms with Crippen LogP contribution in [0.5, 0.6) is 5.75 Å². The van der Waals surface area contributed by atoms with Gasteiger partial charge in [-0.1, -0.05) is 0 Å². The largest absolute Gasteiger partial charge is 0.497 e. The number of ether oxygens (including phenoxy) is 1. The fraction of sp³-hybridized carbons (Fsp3) is 0.370. The molecule has 1 fully saturated rings. The topological polar surface area (TPSA) is 87.1 Å². The summed E-state index contributed by atoms with van der Waals surface area (Å²) >= 11 is 0. The van der Waals surface area contributed by atoms with E-state index in [-0.39, 0.29) is 5.91 Å². The van der Waals surface area contributed by atoms with Crippen LogP contribution in [0.2, 0.25) is 0 Å². The molecule has 3 heterocycles. The predicted molar refractivity (Wildman–Crippen MR) is 133 cm³/mol. The first-order valence-corrected chi connectivity index (χ1v) is 11.9. The van der Waals surface area contributed by atoms with Crippen molar-refractivity contribution in [2.75, 3.05) is 26.7 Å². The van der Waals surface area contributed by atoms with E-state index in [0.717, 1.165) is 61.1 Å². The molecule has 0 saturated carbocycles. The number of piperidine rings is 1. The number of aromatic nitrogens is 2. The number of nitrogens with zero attached hydrogens (tertiary/aromatic N) is 1. The Morgan fingerprint density at radius 2 is 1.85 bits per heavy atom. The number of benzene rings is 2. The highest BCUT2D eigenvalue weighted by Crippen LogP contribution is 2.33. The minimum absolute atomic E-state index is 0.369. The Kier molecular flexibility index (Phi) is 6.09. The Balaban J connectivity index is 1.12. The lowest BCUT2D eigenvalue weighted by Gasteiger charge is -2.32. The molecule has 1 aliphatic rings. The van der Waals surface area contributed by atoms with Crippen molar-refractivity contribution in [3.8, 4) is 5.75 Å². The molecule has 1 amide bonds. The van der Waals surface area contributed by atoms with Crippen LogP contribution >= 0.6 is 0 Å². The maximum atomic E-state index is 11.6. The quantitative estimate of drug-likeness (QED) is 0.336. The average molecular weight is 445 g/mol. The van der Waals surface area contributed by atoms with Gasteiger partial charge in [0.1, 0.15) is 5.75 Å². The third kappa shape index (κ3) is 4.48. The zero-order valence-corrected chi connectivity index (χ0v) is 19.2. The summed E-state index contributed by atoms with van der Waals surface area (Å²) < 4.78 is 5.32. The number of likely N-dealkylation sites (tertiary alicyclic amines) is 1. The van der Waals surface area contributed by atoms with Gasteiger partial charge in [-0.2, -0.15) is 0 Å². The standard InChI is InChI=1S/C27H32N4O2/c1-33-21-6-7-22-20(16-29-26(22)15-21)4-2-3-11-31-12-9-18(10-13-31)24-17-30-25-8-5-19(27(28)32)14-23(24)25/h5-8,14-18,29-30H,2-4,9-13H2,1H3,(H2,28,32). The smallest absolute Gasteiger partial charge is 0.248 e. The summed E-state index contributed by atoms with van der Waals surface area (Å²) in [5.74, 6) is 1.05. The molecule has 33 heavy (non-hydrogen) atoms. The van der Waals surface area contributed by atoms with Crippen LogP contribution in [0.4, 0.5) is 0 Å². The minimum Gasteiger partial charge on any atom is -0.497 e. The number of carbonyl (C=O) groups is 1. The monoisotopic (exact) mass is 444 g/mol. The SMILES string of the molecule is COc1ccc2c(CCCCN3CCC(c4c[nH]c5ccc(C(N)=O)cc45)CC3)c[nH]c2c1. The van der Waals surface area contributed by atoms with Gasteiger partial charge in [0, 0.05) is 45.8 Å². The third-order valence-corrected chi connectivity index (χ3v) is 7.17. The second-order valence-corrected chi connectivity index (χ2v) is 9.17. The molecular formula is C27H32N4O2. The van der Waals surface area contributed by atoms with Crippen molar-refractivity contribution in [2.45, 2.75) is 38.0 Å². The number of amides is 1. The first-order valence-electron chi connectivity index (χ1n) is 11.9. The number of hydrogen-bond donors (Lipinski definition) is 3. The number of nitrogens with one attached hydrogen (secondary N) is 2. The molecule has 6 nitrogen and oxygen atoms in total. The molecule has 1 saturated heterocycles. The summed E-state index contributed by atoms with van der Waals surface area (Å²) in [5.41, 5.74) is 11.0. The van der Waals surface area contributed by atoms with Crippen LogP contribution in [0.1, 0.15) is 53.1 Å². The van der Waals surface area contributed by atoms with Crippen molar-refractivity contribution in [3.63, 3.8) is 0 Å². The van der Waals surface area contributed by atoms with Gasteiger partial charge in [-0.15, -0.1) is 0 Å². The van der Waals surface area contributed by atoms with Crippen LogP contribution in [-0.2, 0) is 6.42 Å². The molecule has 0 unspecified atom stereocenters. The van der Waals surface area contributed by atoms with E-state index >= 15 is 0 Å². The van der Waals surface area contributed by atoms with Gasteiger partial charge >= 0.3 is 0 Å². The number of primary amides is 1. The lowest BCUT2D eigenvalue weighted by atomic mass is 9.88.